The summed E-state index contributed by atoms with van der Waals surface area (Å²) in [5.74, 6) is -0.258. The van der Waals surface area contributed by atoms with Crippen LogP contribution in [0, 0.1) is 6.92 Å². The number of nitrogens with two attached hydrogens (primary N) is 1. The molecule has 0 saturated carbocycles. The highest BCUT2D eigenvalue weighted by atomic mass is 16.2. The molecule has 0 aliphatic rings. The lowest BCUT2D eigenvalue weighted by Crippen LogP contribution is -2.27. The van der Waals surface area contributed by atoms with Crippen molar-refractivity contribution in [2.24, 2.45) is 7.05 Å². The maximum absolute atomic E-state index is 12.1. The second-order valence-electron chi connectivity index (χ2n) is 4.71. The van der Waals surface area contributed by atoms with Crippen LogP contribution in [0.2, 0.25) is 0 Å². The second kappa shape index (κ2) is 5.14. The predicted molar refractivity (Wildman–Crippen MR) is 74.7 cm³/mol. The van der Waals surface area contributed by atoms with Crippen molar-refractivity contribution in [2.75, 3.05) is 5.73 Å². The van der Waals surface area contributed by atoms with Crippen LogP contribution in [0.4, 0.5) is 5.69 Å². The normalized spacial score (nSPS) is 12.2. The Morgan fingerprint density at radius 1 is 1.37 bits per heavy atom. The number of rotatable bonds is 3. The van der Waals surface area contributed by atoms with Crippen molar-refractivity contribution < 1.29 is 4.79 Å². The van der Waals surface area contributed by atoms with E-state index in [0.717, 1.165) is 5.56 Å². The van der Waals surface area contributed by atoms with Gasteiger partial charge in [0, 0.05) is 13.2 Å². The van der Waals surface area contributed by atoms with Gasteiger partial charge < -0.3 is 11.1 Å². The molecule has 0 saturated heterocycles. The second-order valence-corrected chi connectivity index (χ2v) is 4.71. The highest BCUT2D eigenvalue weighted by molar-refractivity contribution is 5.97. The summed E-state index contributed by atoms with van der Waals surface area (Å²) in [6.07, 6.45) is 1.62. The van der Waals surface area contributed by atoms with Crippen LogP contribution in [0.3, 0.4) is 0 Å². The van der Waals surface area contributed by atoms with Gasteiger partial charge in [-0.2, -0.15) is 5.10 Å². The summed E-state index contributed by atoms with van der Waals surface area (Å²) in [4.78, 5) is 12.1. The molecular formula is C14H18N4O. The number of nitrogen functional groups attached to an aromatic ring is 1. The van der Waals surface area contributed by atoms with Crippen LogP contribution in [0.25, 0.3) is 0 Å². The van der Waals surface area contributed by atoms with Gasteiger partial charge in [-0.05, 0) is 19.4 Å². The number of benzene rings is 1. The van der Waals surface area contributed by atoms with E-state index in [1.165, 1.54) is 10.2 Å². The molecule has 19 heavy (non-hydrogen) atoms. The van der Waals surface area contributed by atoms with Gasteiger partial charge in [0.2, 0.25) is 0 Å². The van der Waals surface area contributed by atoms with Crippen molar-refractivity contribution in [2.45, 2.75) is 19.9 Å². The van der Waals surface area contributed by atoms with Crippen molar-refractivity contribution in [3.63, 3.8) is 0 Å². The summed E-state index contributed by atoms with van der Waals surface area (Å²) >= 11 is 0. The van der Waals surface area contributed by atoms with Gasteiger partial charge in [0.1, 0.15) is 0 Å². The minimum atomic E-state index is -0.258. The fourth-order valence-electron chi connectivity index (χ4n) is 1.89. The number of carbonyl (C=O) groups excluding carboxylic acids is 1. The number of carbonyl (C=O) groups is 1. The number of hydrogen-bond acceptors (Lipinski definition) is 3. The molecular weight excluding hydrogens is 240 g/mol. The summed E-state index contributed by atoms with van der Waals surface area (Å²) in [5, 5.41) is 6.94. The summed E-state index contributed by atoms with van der Waals surface area (Å²) in [6, 6.07) is 7.96. The third-order valence-corrected chi connectivity index (χ3v) is 3.00. The molecule has 0 aliphatic heterocycles. The van der Waals surface area contributed by atoms with Gasteiger partial charge in [-0.15, -0.1) is 0 Å². The lowest BCUT2D eigenvalue weighted by atomic mass is 10.1. The quantitative estimate of drug-likeness (QED) is 0.881. The van der Waals surface area contributed by atoms with E-state index in [-0.39, 0.29) is 17.6 Å². The Balaban J connectivity index is 2.10. The molecule has 0 aliphatic carbocycles. The minimum absolute atomic E-state index is 0.0884. The first kappa shape index (κ1) is 13.1. The summed E-state index contributed by atoms with van der Waals surface area (Å²) in [7, 11) is 1.73. The van der Waals surface area contributed by atoms with Crippen LogP contribution in [-0.2, 0) is 7.05 Å². The Kier molecular flexibility index (Phi) is 3.55. The molecule has 0 radical (unpaired) electrons. The van der Waals surface area contributed by atoms with Crippen molar-refractivity contribution >= 4 is 11.6 Å². The predicted octanol–water partition coefficient (Wildman–Crippen LogP) is 1.80. The maximum Gasteiger partial charge on any atom is 0.274 e. The van der Waals surface area contributed by atoms with Gasteiger partial charge in [-0.25, -0.2) is 0 Å². The molecule has 1 aromatic heterocycles. The average Bonchev–Trinajstić information content (AvgIpc) is 2.69. The van der Waals surface area contributed by atoms with Gasteiger partial charge in [0.05, 0.1) is 11.7 Å². The van der Waals surface area contributed by atoms with E-state index in [9.17, 15) is 4.79 Å². The van der Waals surface area contributed by atoms with E-state index in [0.29, 0.717) is 5.69 Å². The first-order chi connectivity index (χ1) is 8.97. The first-order valence-corrected chi connectivity index (χ1v) is 6.14. The molecule has 0 spiro atoms. The van der Waals surface area contributed by atoms with Crippen molar-refractivity contribution in [1.29, 1.82) is 0 Å². The highest BCUT2D eigenvalue weighted by Gasteiger charge is 2.16. The summed E-state index contributed by atoms with van der Waals surface area (Å²) in [5.41, 5.74) is 8.62. The van der Waals surface area contributed by atoms with Gasteiger partial charge in [0.15, 0.2) is 5.69 Å². The lowest BCUT2D eigenvalue weighted by molar-refractivity contribution is 0.0935. The standard InChI is InChI=1S/C14H18N4O/c1-9-4-6-11(7-5-9)10(2)16-14(19)13-12(15)8-18(3)17-13/h4-8,10H,15H2,1-3H3,(H,16,19). The fraction of sp³-hybridized carbons (Fsp3) is 0.286. The third-order valence-electron chi connectivity index (χ3n) is 3.00. The molecule has 100 valence electrons. The molecule has 0 bridgehead atoms. The number of anilines is 1. The van der Waals surface area contributed by atoms with Gasteiger partial charge in [-0.3, -0.25) is 9.48 Å². The topological polar surface area (TPSA) is 72.9 Å². The SMILES string of the molecule is Cc1ccc(C(C)NC(=O)c2nn(C)cc2N)cc1. The van der Waals surface area contributed by atoms with Crippen LogP contribution >= 0.6 is 0 Å². The first-order valence-electron chi connectivity index (χ1n) is 6.14. The zero-order valence-electron chi connectivity index (χ0n) is 11.3. The Labute approximate surface area is 112 Å². The maximum atomic E-state index is 12.1. The van der Waals surface area contributed by atoms with E-state index in [2.05, 4.69) is 10.4 Å². The minimum Gasteiger partial charge on any atom is -0.396 e. The number of nitrogens with one attached hydrogen (secondary N) is 1. The van der Waals surface area contributed by atoms with Gasteiger partial charge in [0.25, 0.3) is 5.91 Å². The van der Waals surface area contributed by atoms with E-state index in [1.54, 1.807) is 13.2 Å². The molecule has 1 heterocycles. The number of nitrogens with zero attached hydrogens (tertiary/aromatic N) is 2. The fourth-order valence-corrected chi connectivity index (χ4v) is 1.89. The Morgan fingerprint density at radius 3 is 2.53 bits per heavy atom. The highest BCUT2D eigenvalue weighted by Crippen LogP contribution is 2.15. The van der Waals surface area contributed by atoms with E-state index in [1.807, 2.05) is 38.1 Å². The molecule has 3 N–H and O–H groups in total. The number of hydrogen-bond donors (Lipinski definition) is 2. The van der Waals surface area contributed by atoms with Crippen molar-refractivity contribution in [3.8, 4) is 0 Å². The zero-order chi connectivity index (χ0) is 14.0. The van der Waals surface area contributed by atoms with E-state index >= 15 is 0 Å². The van der Waals surface area contributed by atoms with Crippen LogP contribution in [0.1, 0.15) is 34.6 Å². The van der Waals surface area contributed by atoms with Crippen molar-refractivity contribution in [1.82, 2.24) is 15.1 Å². The smallest absolute Gasteiger partial charge is 0.274 e. The monoisotopic (exact) mass is 258 g/mol. The average molecular weight is 258 g/mol. The Bertz CT molecular complexity index is 586. The van der Waals surface area contributed by atoms with Gasteiger partial charge >= 0.3 is 0 Å². The number of aryl methyl sites for hydroxylation is 2. The van der Waals surface area contributed by atoms with E-state index in [4.69, 9.17) is 5.73 Å². The molecule has 2 aromatic rings. The van der Waals surface area contributed by atoms with Gasteiger partial charge in [-0.1, -0.05) is 29.8 Å². The molecule has 1 atom stereocenters. The summed E-state index contributed by atoms with van der Waals surface area (Å²) < 4.78 is 1.53. The number of amides is 1. The molecule has 1 unspecified atom stereocenters. The molecule has 1 aromatic carbocycles. The lowest BCUT2D eigenvalue weighted by Gasteiger charge is -2.13. The largest absolute Gasteiger partial charge is 0.396 e. The van der Waals surface area contributed by atoms with Crippen LogP contribution in [0.5, 0.6) is 0 Å². The molecule has 5 nitrogen and oxygen atoms in total. The van der Waals surface area contributed by atoms with Crippen LogP contribution in [-0.4, -0.2) is 15.7 Å². The van der Waals surface area contributed by atoms with Crippen molar-refractivity contribution in [3.05, 3.63) is 47.3 Å². The van der Waals surface area contributed by atoms with Crippen LogP contribution in [0.15, 0.2) is 30.5 Å². The zero-order valence-corrected chi connectivity index (χ0v) is 11.3. The molecule has 2 rings (SSSR count). The summed E-state index contributed by atoms with van der Waals surface area (Å²) in [6.45, 7) is 3.96. The third kappa shape index (κ3) is 2.93. The Hall–Kier alpha value is -2.30. The number of aromatic nitrogens is 2. The Morgan fingerprint density at radius 2 is 2.00 bits per heavy atom. The molecule has 0 fully saturated rings. The molecule has 5 heteroatoms. The molecule has 1 amide bonds. The van der Waals surface area contributed by atoms with E-state index < -0.39 is 0 Å². The van der Waals surface area contributed by atoms with Crippen LogP contribution < -0.4 is 11.1 Å².